The zero-order chi connectivity index (χ0) is 18.4. The van der Waals surface area contributed by atoms with Gasteiger partial charge < -0.3 is 0 Å². The SMILES string of the molecule is O=C(C=CC12CC3CC(CC(Cl)(C3)C1)C2)Nc1nc(CC(=O)NO)cs1. The van der Waals surface area contributed by atoms with E-state index in [2.05, 4.69) is 16.4 Å². The highest BCUT2D eigenvalue weighted by molar-refractivity contribution is 7.14. The number of alkyl halides is 1. The molecule has 4 bridgehead atoms. The molecule has 4 fully saturated rings. The zero-order valence-corrected chi connectivity index (χ0v) is 15.9. The first-order valence-corrected chi connectivity index (χ1v) is 10.2. The van der Waals surface area contributed by atoms with Gasteiger partial charge in [-0.05, 0) is 61.9 Å². The summed E-state index contributed by atoms with van der Waals surface area (Å²) in [5, 5.41) is 13.4. The van der Waals surface area contributed by atoms with Crippen LogP contribution in [0, 0.1) is 17.3 Å². The average molecular weight is 396 g/mol. The summed E-state index contributed by atoms with van der Waals surface area (Å²) < 4.78 is 0. The maximum atomic E-state index is 12.3. The first kappa shape index (κ1) is 17.9. The van der Waals surface area contributed by atoms with Gasteiger partial charge in [0.25, 0.3) is 0 Å². The van der Waals surface area contributed by atoms with E-state index < -0.39 is 5.91 Å². The molecular formula is C18H22ClN3O3S. The maximum absolute atomic E-state index is 12.3. The number of halogens is 1. The van der Waals surface area contributed by atoms with Gasteiger partial charge in [0.05, 0.1) is 12.1 Å². The number of carbonyl (C=O) groups is 2. The van der Waals surface area contributed by atoms with Crippen LogP contribution in [0.15, 0.2) is 17.5 Å². The van der Waals surface area contributed by atoms with Crippen molar-refractivity contribution in [3.05, 3.63) is 23.2 Å². The lowest BCUT2D eigenvalue weighted by Gasteiger charge is -2.59. The number of aromatic nitrogens is 1. The monoisotopic (exact) mass is 395 g/mol. The van der Waals surface area contributed by atoms with Gasteiger partial charge in [-0.1, -0.05) is 6.08 Å². The number of allylic oxidation sites excluding steroid dienone is 1. The zero-order valence-electron chi connectivity index (χ0n) is 14.3. The van der Waals surface area contributed by atoms with Gasteiger partial charge in [-0.3, -0.25) is 20.1 Å². The van der Waals surface area contributed by atoms with Crippen LogP contribution in [0.4, 0.5) is 5.13 Å². The van der Waals surface area contributed by atoms with E-state index in [0.717, 1.165) is 32.1 Å². The van der Waals surface area contributed by atoms with Gasteiger partial charge in [-0.15, -0.1) is 22.9 Å². The molecule has 3 N–H and O–H groups in total. The van der Waals surface area contributed by atoms with Crippen LogP contribution in [0.5, 0.6) is 0 Å². The van der Waals surface area contributed by atoms with Crippen molar-refractivity contribution in [3.63, 3.8) is 0 Å². The number of nitrogens with one attached hydrogen (secondary N) is 2. The Morgan fingerprint density at radius 3 is 2.73 bits per heavy atom. The highest BCUT2D eigenvalue weighted by atomic mass is 35.5. The van der Waals surface area contributed by atoms with Crippen LogP contribution in [0.2, 0.25) is 0 Å². The van der Waals surface area contributed by atoms with Crippen LogP contribution in [0.25, 0.3) is 0 Å². The standard InChI is InChI=1S/C18H22ClN3O3S/c19-18-7-11-3-12(8-18)6-17(5-11,10-18)2-1-14(23)21-16-20-13(9-26-16)4-15(24)22-25/h1-2,9,11-12,25H,3-8,10H2,(H,22,24)(H,20,21,23). The molecule has 2 unspecified atom stereocenters. The lowest BCUT2D eigenvalue weighted by atomic mass is 9.49. The average Bonchev–Trinajstić information content (AvgIpc) is 2.97. The Morgan fingerprint density at radius 2 is 2.08 bits per heavy atom. The van der Waals surface area contributed by atoms with Crippen molar-refractivity contribution in [2.24, 2.45) is 17.3 Å². The number of hydrogen-bond donors (Lipinski definition) is 3. The van der Waals surface area contributed by atoms with Gasteiger partial charge in [-0.25, -0.2) is 10.5 Å². The lowest BCUT2D eigenvalue weighted by Crippen LogP contribution is -2.52. The number of nitrogens with zero attached hydrogens (tertiary/aromatic N) is 1. The van der Waals surface area contributed by atoms with Crippen LogP contribution in [-0.2, 0) is 16.0 Å². The Kier molecular flexibility index (Phi) is 4.57. The summed E-state index contributed by atoms with van der Waals surface area (Å²) in [6.07, 6.45) is 10.4. The molecule has 4 aliphatic rings. The summed E-state index contributed by atoms with van der Waals surface area (Å²) >= 11 is 8.08. The molecule has 1 aromatic rings. The Bertz CT molecular complexity index is 749. The molecule has 140 valence electrons. The van der Waals surface area contributed by atoms with E-state index in [1.54, 1.807) is 16.9 Å². The number of thiazole rings is 1. The molecule has 1 heterocycles. The molecule has 0 aromatic carbocycles. The van der Waals surface area contributed by atoms with Crippen molar-refractivity contribution >= 4 is 39.9 Å². The second-order valence-electron chi connectivity index (χ2n) is 8.15. The predicted molar refractivity (Wildman–Crippen MR) is 99.2 cm³/mol. The molecule has 5 rings (SSSR count). The highest BCUT2D eigenvalue weighted by Crippen LogP contribution is 2.64. The van der Waals surface area contributed by atoms with E-state index in [-0.39, 0.29) is 22.6 Å². The van der Waals surface area contributed by atoms with Crippen molar-refractivity contribution < 1.29 is 14.8 Å². The highest BCUT2D eigenvalue weighted by Gasteiger charge is 2.56. The summed E-state index contributed by atoms with van der Waals surface area (Å²) in [6, 6.07) is 0. The number of hydroxylamine groups is 1. The Hall–Kier alpha value is -1.44. The number of rotatable bonds is 5. The number of anilines is 1. The number of carbonyl (C=O) groups excluding carboxylic acids is 2. The van der Waals surface area contributed by atoms with E-state index in [4.69, 9.17) is 16.8 Å². The summed E-state index contributed by atoms with van der Waals surface area (Å²) in [7, 11) is 0. The molecule has 2 amide bonds. The van der Waals surface area contributed by atoms with Gasteiger partial charge in [-0.2, -0.15) is 0 Å². The van der Waals surface area contributed by atoms with Gasteiger partial charge in [0.2, 0.25) is 11.8 Å². The fraction of sp³-hybridized carbons (Fsp3) is 0.611. The molecule has 4 aliphatic carbocycles. The molecule has 6 nitrogen and oxygen atoms in total. The smallest absolute Gasteiger partial charge is 0.249 e. The van der Waals surface area contributed by atoms with E-state index >= 15 is 0 Å². The topological polar surface area (TPSA) is 91.3 Å². The van der Waals surface area contributed by atoms with Gasteiger partial charge in [0.1, 0.15) is 0 Å². The first-order valence-electron chi connectivity index (χ1n) is 8.94. The van der Waals surface area contributed by atoms with E-state index in [9.17, 15) is 9.59 Å². The number of hydrogen-bond acceptors (Lipinski definition) is 5. The Morgan fingerprint density at radius 1 is 1.35 bits per heavy atom. The minimum atomic E-state index is -0.537. The van der Waals surface area contributed by atoms with Gasteiger partial charge in [0, 0.05) is 10.3 Å². The fourth-order valence-corrected chi connectivity index (χ4v) is 6.88. The van der Waals surface area contributed by atoms with Gasteiger partial charge in [0.15, 0.2) is 5.13 Å². The minimum absolute atomic E-state index is 0.0254. The lowest BCUT2D eigenvalue weighted by molar-refractivity contribution is -0.128. The molecule has 26 heavy (non-hydrogen) atoms. The summed E-state index contributed by atoms with van der Waals surface area (Å²) in [5.74, 6) is 0.642. The van der Waals surface area contributed by atoms with Crippen molar-refractivity contribution in [2.75, 3.05) is 5.32 Å². The minimum Gasteiger partial charge on any atom is -0.298 e. The third-order valence-electron chi connectivity index (χ3n) is 5.87. The van der Waals surface area contributed by atoms with Gasteiger partial charge >= 0.3 is 0 Å². The van der Waals surface area contributed by atoms with Crippen LogP contribution in [0.1, 0.15) is 44.2 Å². The molecule has 0 radical (unpaired) electrons. The molecular weight excluding hydrogens is 374 g/mol. The van der Waals surface area contributed by atoms with Crippen LogP contribution >= 0.6 is 22.9 Å². The summed E-state index contributed by atoms with van der Waals surface area (Å²) in [5.41, 5.74) is 2.14. The third-order valence-corrected chi connectivity index (χ3v) is 7.12. The quantitative estimate of drug-likeness (QED) is 0.309. The summed E-state index contributed by atoms with van der Waals surface area (Å²) in [4.78, 5) is 27.5. The Balaban J connectivity index is 1.38. The molecule has 0 aliphatic heterocycles. The largest absolute Gasteiger partial charge is 0.298 e. The van der Waals surface area contributed by atoms with E-state index in [1.165, 1.54) is 17.8 Å². The molecule has 1 aromatic heterocycles. The van der Waals surface area contributed by atoms with Crippen molar-refractivity contribution in [1.82, 2.24) is 10.5 Å². The van der Waals surface area contributed by atoms with Crippen LogP contribution in [0.3, 0.4) is 0 Å². The molecule has 0 spiro atoms. The first-order chi connectivity index (χ1) is 12.4. The predicted octanol–water partition coefficient (Wildman–Crippen LogP) is 3.26. The maximum Gasteiger partial charge on any atom is 0.249 e. The van der Waals surface area contributed by atoms with Crippen molar-refractivity contribution in [3.8, 4) is 0 Å². The second-order valence-corrected chi connectivity index (χ2v) is 9.81. The van der Waals surface area contributed by atoms with Crippen LogP contribution in [-0.4, -0.2) is 26.9 Å². The molecule has 8 heteroatoms. The van der Waals surface area contributed by atoms with E-state index in [0.29, 0.717) is 22.7 Å². The molecule has 2 atom stereocenters. The van der Waals surface area contributed by atoms with Crippen molar-refractivity contribution in [1.29, 1.82) is 0 Å². The second kappa shape index (κ2) is 6.62. The van der Waals surface area contributed by atoms with Crippen LogP contribution < -0.4 is 10.8 Å². The summed E-state index contributed by atoms with van der Waals surface area (Å²) in [6.45, 7) is 0. The molecule has 4 saturated carbocycles. The Labute approximate surface area is 161 Å². The van der Waals surface area contributed by atoms with Crippen molar-refractivity contribution in [2.45, 2.75) is 49.8 Å². The fourth-order valence-electron chi connectivity index (χ4n) is 5.46. The molecule has 0 saturated heterocycles. The third kappa shape index (κ3) is 3.66. The normalized spacial score (nSPS) is 35.0. The number of amides is 2. The van der Waals surface area contributed by atoms with E-state index in [1.807, 2.05) is 0 Å².